The number of aliphatic hydroxyl groups is 2. The van der Waals surface area contributed by atoms with Gasteiger partial charge in [0.15, 0.2) is 17.0 Å². The van der Waals surface area contributed by atoms with E-state index in [1.807, 2.05) is 7.05 Å². The van der Waals surface area contributed by atoms with Crippen LogP contribution in [0.1, 0.15) is 35.7 Å². The summed E-state index contributed by atoms with van der Waals surface area (Å²) in [7, 11) is 1.99. The van der Waals surface area contributed by atoms with Gasteiger partial charge < -0.3 is 19.7 Å². The number of rotatable bonds is 6. The molecule has 2 heterocycles. The molecule has 138 valence electrons. The second kappa shape index (κ2) is 7.39. The zero-order valence-corrected chi connectivity index (χ0v) is 15.6. The Morgan fingerprint density at radius 3 is 2.54 bits per heavy atom. The van der Waals surface area contributed by atoms with Gasteiger partial charge in [-0.3, -0.25) is 0 Å². The van der Waals surface area contributed by atoms with Gasteiger partial charge in [-0.15, -0.1) is 0 Å². The Hall–Kier alpha value is -2.51. The largest absolute Gasteiger partial charge is 0.394 e. The third-order valence-corrected chi connectivity index (χ3v) is 4.95. The van der Waals surface area contributed by atoms with E-state index in [0.29, 0.717) is 11.2 Å². The van der Waals surface area contributed by atoms with Crippen LogP contribution in [0.2, 0.25) is 0 Å². The van der Waals surface area contributed by atoms with Crippen molar-refractivity contribution in [2.45, 2.75) is 32.9 Å². The predicted octanol–water partition coefficient (Wildman–Crippen LogP) is 2.17. The van der Waals surface area contributed by atoms with E-state index in [1.165, 1.54) is 23.0 Å². The van der Waals surface area contributed by atoms with Crippen LogP contribution in [0, 0.1) is 13.8 Å². The molecule has 2 N–H and O–H groups in total. The fourth-order valence-corrected chi connectivity index (χ4v) is 3.20. The Labute approximate surface area is 153 Å². The highest BCUT2D eigenvalue weighted by molar-refractivity contribution is 5.83. The molecule has 1 unspecified atom stereocenters. The van der Waals surface area contributed by atoms with Crippen molar-refractivity contribution in [3.63, 3.8) is 0 Å². The fourth-order valence-electron chi connectivity index (χ4n) is 3.20. The van der Waals surface area contributed by atoms with E-state index in [-0.39, 0.29) is 19.3 Å². The summed E-state index contributed by atoms with van der Waals surface area (Å²) >= 11 is 0. The lowest BCUT2D eigenvalue weighted by molar-refractivity contribution is 0.156. The molecular formula is C19H25N5O2. The molecule has 0 saturated carbocycles. The summed E-state index contributed by atoms with van der Waals surface area (Å²) in [6.45, 7) is 5.96. The second-order valence-corrected chi connectivity index (χ2v) is 6.69. The van der Waals surface area contributed by atoms with Crippen molar-refractivity contribution in [2.75, 3.05) is 25.2 Å². The summed E-state index contributed by atoms with van der Waals surface area (Å²) < 4.78 is 1.69. The van der Waals surface area contributed by atoms with E-state index < -0.39 is 6.04 Å². The summed E-state index contributed by atoms with van der Waals surface area (Å²) in [6.07, 6.45) is 3.09. The van der Waals surface area contributed by atoms with Gasteiger partial charge in [0.05, 0.1) is 31.6 Å². The van der Waals surface area contributed by atoms with Gasteiger partial charge in [0, 0.05) is 7.05 Å². The molecule has 3 rings (SSSR count). The van der Waals surface area contributed by atoms with Crippen LogP contribution in [0.25, 0.3) is 11.2 Å². The van der Waals surface area contributed by atoms with Gasteiger partial charge in [0.25, 0.3) is 0 Å². The Kier molecular flexibility index (Phi) is 5.20. The Morgan fingerprint density at radius 2 is 1.85 bits per heavy atom. The molecule has 1 atom stereocenters. The molecule has 1 aromatic carbocycles. The first-order valence-electron chi connectivity index (χ1n) is 8.67. The maximum atomic E-state index is 9.47. The van der Waals surface area contributed by atoms with Crippen molar-refractivity contribution in [1.82, 2.24) is 19.5 Å². The lowest BCUT2D eigenvalue weighted by Gasteiger charge is -2.28. The van der Waals surface area contributed by atoms with Crippen LogP contribution in [0.3, 0.4) is 0 Å². The summed E-state index contributed by atoms with van der Waals surface area (Å²) in [6, 6.07) is 6.07. The lowest BCUT2D eigenvalue weighted by Crippen LogP contribution is -2.24. The van der Waals surface area contributed by atoms with Gasteiger partial charge in [-0.2, -0.15) is 0 Å². The standard InChI is InChI=1S/C19H25N5O2/c1-12-5-6-13(2)16(7-12)14(3)23(4)18-17-19(21-10-20-18)24(11-22-17)15(8-25)9-26/h5-7,10-11,14-15,25-26H,8-9H2,1-4H3. The highest BCUT2D eigenvalue weighted by Crippen LogP contribution is 2.30. The van der Waals surface area contributed by atoms with Gasteiger partial charge >= 0.3 is 0 Å². The van der Waals surface area contributed by atoms with Crippen LogP contribution in [0.4, 0.5) is 5.82 Å². The van der Waals surface area contributed by atoms with E-state index in [9.17, 15) is 10.2 Å². The zero-order valence-electron chi connectivity index (χ0n) is 15.6. The molecular weight excluding hydrogens is 330 g/mol. The molecule has 2 aromatic heterocycles. The number of imidazole rings is 1. The lowest BCUT2D eigenvalue weighted by atomic mass is 9.99. The van der Waals surface area contributed by atoms with Gasteiger partial charge in [0.2, 0.25) is 0 Å². The Bertz CT molecular complexity index is 904. The third-order valence-electron chi connectivity index (χ3n) is 4.95. The highest BCUT2D eigenvalue weighted by atomic mass is 16.3. The van der Waals surface area contributed by atoms with Crippen LogP contribution < -0.4 is 4.90 Å². The average molecular weight is 355 g/mol. The molecule has 0 aliphatic rings. The number of hydrogen-bond acceptors (Lipinski definition) is 6. The quantitative estimate of drug-likeness (QED) is 0.705. The molecule has 0 saturated heterocycles. The van der Waals surface area contributed by atoms with Crippen LogP contribution in [0.15, 0.2) is 30.9 Å². The predicted molar refractivity (Wildman–Crippen MR) is 101 cm³/mol. The maximum absolute atomic E-state index is 9.47. The Morgan fingerprint density at radius 1 is 1.12 bits per heavy atom. The minimum atomic E-state index is -0.468. The maximum Gasteiger partial charge on any atom is 0.165 e. The number of fused-ring (bicyclic) bond motifs is 1. The molecule has 0 aliphatic heterocycles. The number of benzene rings is 1. The number of aryl methyl sites for hydroxylation is 2. The molecule has 0 radical (unpaired) electrons. The second-order valence-electron chi connectivity index (χ2n) is 6.69. The topological polar surface area (TPSA) is 87.3 Å². The summed E-state index contributed by atoms with van der Waals surface area (Å²) in [5.74, 6) is 0.719. The van der Waals surface area contributed by atoms with E-state index in [2.05, 4.69) is 58.8 Å². The summed E-state index contributed by atoms with van der Waals surface area (Å²) in [4.78, 5) is 15.3. The molecule has 3 aromatic rings. The number of aromatic nitrogens is 4. The smallest absolute Gasteiger partial charge is 0.165 e. The number of aliphatic hydroxyl groups excluding tert-OH is 2. The van der Waals surface area contributed by atoms with Gasteiger partial charge in [-0.1, -0.05) is 23.8 Å². The molecule has 26 heavy (non-hydrogen) atoms. The van der Waals surface area contributed by atoms with Gasteiger partial charge in [0.1, 0.15) is 6.33 Å². The van der Waals surface area contributed by atoms with Gasteiger partial charge in [-0.25, -0.2) is 15.0 Å². The monoisotopic (exact) mass is 355 g/mol. The fraction of sp³-hybridized carbons (Fsp3) is 0.421. The van der Waals surface area contributed by atoms with E-state index in [0.717, 1.165) is 5.82 Å². The molecule has 7 nitrogen and oxygen atoms in total. The first-order chi connectivity index (χ1) is 12.5. The van der Waals surface area contributed by atoms with Crippen LogP contribution in [0.5, 0.6) is 0 Å². The minimum Gasteiger partial charge on any atom is -0.394 e. The highest BCUT2D eigenvalue weighted by Gasteiger charge is 2.21. The van der Waals surface area contributed by atoms with Crippen molar-refractivity contribution in [3.8, 4) is 0 Å². The van der Waals surface area contributed by atoms with Crippen LogP contribution in [-0.2, 0) is 0 Å². The number of anilines is 1. The molecule has 0 bridgehead atoms. The molecule has 0 fully saturated rings. The van der Waals surface area contributed by atoms with Gasteiger partial charge in [-0.05, 0) is 31.9 Å². The summed E-state index contributed by atoms with van der Waals surface area (Å²) in [5, 5.41) is 18.9. The minimum absolute atomic E-state index is 0.102. The van der Waals surface area contributed by atoms with Crippen molar-refractivity contribution in [3.05, 3.63) is 47.5 Å². The SMILES string of the molecule is Cc1ccc(C)c(C(C)N(C)c2ncnc3c2ncn3C(CO)CO)c1. The van der Waals surface area contributed by atoms with Crippen molar-refractivity contribution >= 4 is 17.0 Å². The summed E-state index contributed by atoms with van der Waals surface area (Å²) in [5.41, 5.74) is 4.94. The third kappa shape index (κ3) is 3.15. The van der Waals surface area contributed by atoms with Crippen molar-refractivity contribution in [1.29, 1.82) is 0 Å². The molecule has 0 amide bonds. The van der Waals surface area contributed by atoms with Crippen molar-refractivity contribution < 1.29 is 10.2 Å². The number of nitrogens with zero attached hydrogens (tertiary/aromatic N) is 5. The first-order valence-corrected chi connectivity index (χ1v) is 8.67. The van der Waals surface area contributed by atoms with E-state index >= 15 is 0 Å². The van der Waals surface area contributed by atoms with E-state index in [1.54, 1.807) is 10.9 Å². The van der Waals surface area contributed by atoms with Crippen molar-refractivity contribution in [2.24, 2.45) is 0 Å². The number of hydrogen-bond donors (Lipinski definition) is 2. The molecule has 7 heteroatoms. The molecule has 0 aliphatic carbocycles. The first kappa shape index (κ1) is 18.3. The molecule has 0 spiro atoms. The van der Waals surface area contributed by atoms with E-state index in [4.69, 9.17) is 0 Å². The van der Waals surface area contributed by atoms with Crippen LogP contribution in [-0.4, -0.2) is 50.0 Å². The van der Waals surface area contributed by atoms with Crippen LogP contribution >= 0.6 is 0 Å². The zero-order chi connectivity index (χ0) is 18.8. The Balaban J connectivity index is 2.03. The average Bonchev–Trinajstić information content (AvgIpc) is 3.08. The normalized spacial score (nSPS) is 12.7.